The molecule has 10 heteroatoms. The number of carboxylic acid groups (broad SMARTS) is 1. The van der Waals surface area contributed by atoms with Crippen molar-refractivity contribution < 1.29 is 23.9 Å². The highest BCUT2D eigenvalue weighted by atomic mass is 16.5. The highest BCUT2D eigenvalue weighted by molar-refractivity contribution is 5.49. The van der Waals surface area contributed by atoms with Crippen molar-refractivity contribution in [1.29, 1.82) is 0 Å². The highest BCUT2D eigenvalue weighted by Crippen LogP contribution is 2.31. The van der Waals surface area contributed by atoms with Crippen LogP contribution in [0.4, 0.5) is 11.5 Å². The first kappa shape index (κ1) is 32.1. The predicted octanol–water partition coefficient (Wildman–Crippen LogP) is 5.48. The molecule has 0 amide bonds. The van der Waals surface area contributed by atoms with E-state index in [-0.39, 0.29) is 12.6 Å². The molecule has 2 N–H and O–H groups in total. The first-order chi connectivity index (χ1) is 20.4. The molecule has 4 heterocycles. The number of carbonyl (C=O) groups is 1. The Morgan fingerprint density at radius 1 is 1.07 bits per heavy atom. The van der Waals surface area contributed by atoms with Gasteiger partial charge in [0.05, 0.1) is 12.2 Å². The summed E-state index contributed by atoms with van der Waals surface area (Å²) in [6, 6.07) is 6.95. The van der Waals surface area contributed by atoms with E-state index in [4.69, 9.17) is 23.9 Å². The van der Waals surface area contributed by atoms with Crippen LogP contribution >= 0.6 is 0 Å². The van der Waals surface area contributed by atoms with Crippen molar-refractivity contribution in [2.24, 2.45) is 5.92 Å². The van der Waals surface area contributed by atoms with Gasteiger partial charge in [-0.1, -0.05) is 39.3 Å². The second-order valence-electron chi connectivity index (χ2n) is 12.3. The van der Waals surface area contributed by atoms with Crippen molar-refractivity contribution in [2.75, 3.05) is 42.5 Å². The molecule has 234 valence electrons. The molecule has 3 fully saturated rings. The van der Waals surface area contributed by atoms with Crippen LogP contribution < -0.4 is 19.9 Å². The Morgan fingerprint density at radius 3 is 2.45 bits per heavy atom. The van der Waals surface area contributed by atoms with Crippen molar-refractivity contribution in [3.05, 3.63) is 30.2 Å². The molecular formula is C32H51N5O5. The topological polar surface area (TPSA) is 113 Å². The minimum absolute atomic E-state index is 0.221. The predicted molar refractivity (Wildman–Crippen MR) is 165 cm³/mol. The lowest BCUT2D eigenvalue weighted by Gasteiger charge is -2.38. The van der Waals surface area contributed by atoms with Crippen molar-refractivity contribution in [3.8, 4) is 5.88 Å². The van der Waals surface area contributed by atoms with E-state index in [1.807, 2.05) is 6.20 Å². The number of ether oxygens (including phenoxy) is 2. The quantitative estimate of drug-likeness (QED) is 0.347. The summed E-state index contributed by atoms with van der Waals surface area (Å²) in [6.07, 6.45) is 11.4. The number of pyridine rings is 1. The maximum absolute atomic E-state index is 8.36. The summed E-state index contributed by atoms with van der Waals surface area (Å²) in [5.74, 6) is 3.66. The Bertz CT molecular complexity index is 1060. The smallest absolute Gasteiger partial charge is 0.290 e. The van der Waals surface area contributed by atoms with Gasteiger partial charge in [-0.3, -0.25) is 4.79 Å². The number of hydrogen-bond donors (Lipinski definition) is 2. The Labute approximate surface area is 251 Å². The zero-order valence-corrected chi connectivity index (χ0v) is 25.9. The molecule has 1 aliphatic carbocycles. The maximum atomic E-state index is 8.36. The lowest BCUT2D eigenvalue weighted by atomic mass is 9.94. The van der Waals surface area contributed by atoms with Crippen LogP contribution in [0.5, 0.6) is 5.88 Å². The van der Waals surface area contributed by atoms with Gasteiger partial charge in [0, 0.05) is 68.7 Å². The molecule has 0 radical (unpaired) electrons. The van der Waals surface area contributed by atoms with Crippen LogP contribution in [0.2, 0.25) is 0 Å². The number of nitrogens with one attached hydrogen (secondary N) is 1. The van der Waals surface area contributed by atoms with E-state index in [2.05, 4.69) is 71.2 Å². The van der Waals surface area contributed by atoms with Gasteiger partial charge in [-0.05, 0) is 56.9 Å². The number of anilines is 2. The molecule has 10 nitrogen and oxygen atoms in total. The van der Waals surface area contributed by atoms with E-state index in [0.717, 1.165) is 88.7 Å². The second-order valence-corrected chi connectivity index (χ2v) is 12.3. The average molecular weight is 586 g/mol. The lowest BCUT2D eigenvalue weighted by Crippen LogP contribution is -2.51. The average Bonchev–Trinajstić information content (AvgIpc) is 3.49. The molecule has 2 aromatic heterocycles. The normalized spacial score (nSPS) is 24.2. The summed E-state index contributed by atoms with van der Waals surface area (Å²) >= 11 is 0. The molecule has 2 unspecified atom stereocenters. The molecule has 2 atom stereocenters. The number of nitrogens with zero attached hydrogens (tertiary/aromatic N) is 4. The Kier molecular flexibility index (Phi) is 12.3. The molecule has 2 saturated heterocycles. The summed E-state index contributed by atoms with van der Waals surface area (Å²) in [7, 11) is 0. The Morgan fingerprint density at radius 2 is 1.76 bits per heavy atom. The van der Waals surface area contributed by atoms with Crippen molar-refractivity contribution in [3.63, 3.8) is 0 Å². The first-order valence-corrected chi connectivity index (χ1v) is 16.0. The fourth-order valence-corrected chi connectivity index (χ4v) is 6.26. The van der Waals surface area contributed by atoms with E-state index in [1.165, 1.54) is 18.5 Å². The Hall–Kier alpha value is -2.85. The zero-order valence-electron chi connectivity index (χ0n) is 25.9. The summed E-state index contributed by atoms with van der Waals surface area (Å²) in [5.41, 5.74) is 1.24. The van der Waals surface area contributed by atoms with Gasteiger partial charge in [-0.2, -0.15) is 0 Å². The SMILES string of the molecule is CCCC1CNCCN1c1ccnc(OC2CCC(OC3CCN(c4cc(C(C)C(C)C)on4)CC3)CC2)c1.O=CO. The molecule has 0 bridgehead atoms. The second kappa shape index (κ2) is 16.1. The monoisotopic (exact) mass is 585 g/mol. The van der Waals surface area contributed by atoms with Crippen LogP contribution in [-0.4, -0.2) is 78.8 Å². The van der Waals surface area contributed by atoms with E-state index in [0.29, 0.717) is 30.1 Å². The summed E-state index contributed by atoms with van der Waals surface area (Å²) in [5, 5.41) is 14.8. The van der Waals surface area contributed by atoms with Gasteiger partial charge < -0.3 is 34.2 Å². The Balaban J connectivity index is 0.00000129. The van der Waals surface area contributed by atoms with Gasteiger partial charge in [0.1, 0.15) is 11.9 Å². The molecule has 2 aliphatic heterocycles. The van der Waals surface area contributed by atoms with Crippen molar-refractivity contribution in [2.45, 2.75) is 109 Å². The van der Waals surface area contributed by atoms with Crippen molar-refractivity contribution in [1.82, 2.24) is 15.5 Å². The van der Waals surface area contributed by atoms with Crippen LogP contribution in [0.3, 0.4) is 0 Å². The van der Waals surface area contributed by atoms with Gasteiger partial charge in [-0.25, -0.2) is 4.98 Å². The molecule has 1 saturated carbocycles. The van der Waals surface area contributed by atoms with Crippen LogP contribution in [0.1, 0.15) is 90.7 Å². The molecule has 3 aliphatic rings. The lowest BCUT2D eigenvalue weighted by molar-refractivity contribution is -0.122. The summed E-state index contributed by atoms with van der Waals surface area (Å²) < 4.78 is 18.6. The molecule has 42 heavy (non-hydrogen) atoms. The van der Waals surface area contributed by atoms with Gasteiger partial charge in [0.2, 0.25) is 5.88 Å². The fraction of sp³-hybridized carbons (Fsp3) is 0.719. The number of rotatable bonds is 10. The molecule has 5 rings (SSSR count). The minimum Gasteiger partial charge on any atom is -0.483 e. The van der Waals surface area contributed by atoms with Gasteiger partial charge in [0.15, 0.2) is 5.82 Å². The summed E-state index contributed by atoms with van der Waals surface area (Å²) in [4.78, 5) is 17.8. The molecule has 2 aromatic rings. The fourth-order valence-electron chi connectivity index (χ4n) is 6.26. The third-order valence-electron chi connectivity index (χ3n) is 9.05. The summed E-state index contributed by atoms with van der Waals surface area (Å²) in [6.45, 7) is 13.7. The first-order valence-electron chi connectivity index (χ1n) is 16.0. The van der Waals surface area contributed by atoms with Gasteiger partial charge in [-0.15, -0.1) is 0 Å². The standard InChI is InChI=1S/C31H49N5O3.CH2O2/c1-5-6-25-21-32-15-18-36(25)24-11-14-33-31(19-24)38-27-9-7-26(8-10-27)37-28-12-16-35(17-13-28)30-20-29(39-34-30)23(4)22(2)3;2-1-3/h11,14,19-20,22-23,25-28,32H,5-10,12-13,15-18,21H2,1-4H3;1H,(H,2,3). The van der Waals surface area contributed by atoms with E-state index < -0.39 is 0 Å². The number of piperidine rings is 1. The van der Waals surface area contributed by atoms with Gasteiger partial charge >= 0.3 is 0 Å². The van der Waals surface area contributed by atoms with Crippen molar-refractivity contribution >= 4 is 18.0 Å². The third kappa shape index (κ3) is 8.83. The van der Waals surface area contributed by atoms with E-state index in [1.54, 1.807) is 0 Å². The maximum Gasteiger partial charge on any atom is 0.290 e. The third-order valence-corrected chi connectivity index (χ3v) is 9.05. The van der Waals surface area contributed by atoms with E-state index >= 15 is 0 Å². The number of aromatic nitrogens is 2. The highest BCUT2D eigenvalue weighted by Gasteiger charge is 2.29. The van der Waals surface area contributed by atoms with Crippen LogP contribution in [0.15, 0.2) is 28.9 Å². The van der Waals surface area contributed by atoms with Gasteiger partial charge in [0.25, 0.3) is 6.47 Å². The molecule has 0 aromatic carbocycles. The minimum atomic E-state index is -0.250. The number of piperazine rings is 1. The van der Waals surface area contributed by atoms with Crippen LogP contribution in [-0.2, 0) is 9.53 Å². The van der Waals surface area contributed by atoms with Crippen LogP contribution in [0, 0.1) is 5.92 Å². The number of hydrogen-bond acceptors (Lipinski definition) is 9. The molecule has 0 spiro atoms. The zero-order chi connectivity index (χ0) is 29.9. The molecular weight excluding hydrogens is 534 g/mol. The van der Waals surface area contributed by atoms with E-state index in [9.17, 15) is 0 Å². The van der Waals surface area contributed by atoms with Crippen LogP contribution in [0.25, 0.3) is 0 Å². The largest absolute Gasteiger partial charge is 0.483 e.